The fourth-order valence-electron chi connectivity index (χ4n) is 4.60. The van der Waals surface area contributed by atoms with Gasteiger partial charge in [0.25, 0.3) is 0 Å². The van der Waals surface area contributed by atoms with Gasteiger partial charge in [0.1, 0.15) is 5.82 Å². The van der Waals surface area contributed by atoms with E-state index in [0.717, 1.165) is 67.5 Å². The molecule has 0 spiro atoms. The first-order chi connectivity index (χ1) is 16.6. The molecule has 0 amide bonds. The number of nitrogens with zero attached hydrogens (tertiary/aromatic N) is 3. The molecule has 5 rings (SSSR count). The minimum absolute atomic E-state index is 0.0167. The molecule has 34 heavy (non-hydrogen) atoms. The van der Waals surface area contributed by atoms with Gasteiger partial charge in [-0.15, -0.1) is 0 Å². The first-order valence-corrected chi connectivity index (χ1v) is 12.4. The van der Waals surface area contributed by atoms with Crippen molar-refractivity contribution in [1.82, 2.24) is 20.3 Å². The summed E-state index contributed by atoms with van der Waals surface area (Å²) in [5.74, 6) is 1.22. The molecule has 0 radical (unpaired) electrons. The van der Waals surface area contributed by atoms with Crippen LogP contribution in [0.1, 0.15) is 49.2 Å². The van der Waals surface area contributed by atoms with Gasteiger partial charge in [0, 0.05) is 37.0 Å². The van der Waals surface area contributed by atoms with Crippen LogP contribution < -0.4 is 5.32 Å². The third-order valence-electron chi connectivity index (χ3n) is 6.39. The number of furan rings is 1. The average Bonchev–Trinajstić information content (AvgIpc) is 3.49. The van der Waals surface area contributed by atoms with Crippen LogP contribution in [0.3, 0.4) is 0 Å². The number of allylic oxidation sites excluding steroid dienone is 1. The molecule has 2 fully saturated rings. The van der Waals surface area contributed by atoms with E-state index < -0.39 is 0 Å². The maximum absolute atomic E-state index is 11.9. The average molecular weight is 475 g/mol. The molecule has 1 aliphatic heterocycles. The lowest BCUT2D eigenvalue weighted by Crippen LogP contribution is -2.33. The standard InChI is InChI=1S/C26H26N4O3S/c31-22-14-25(32)34-23(22)13-21-7-10-27-24(30-21)12-17-3-5-20(6-4-17)29-15-18-2-1-9-28-26(18)19-8-11-33-16-19/h1-2,7-11,13,16-17,20,29H,3-6,12,14-15H2/b23-13-. The van der Waals surface area contributed by atoms with E-state index in [0.29, 0.717) is 22.6 Å². The van der Waals surface area contributed by atoms with Crippen LogP contribution in [0.15, 0.2) is 58.5 Å². The molecule has 3 aromatic rings. The predicted octanol–water partition coefficient (Wildman–Crippen LogP) is 4.60. The SMILES string of the molecule is O=C1CC(=O)/C(=C/c2ccnc(CC3CCC(NCc4cccnc4-c4ccoc4)CC3)n2)S1. The number of carbonyl (C=O) groups excluding carboxylic acids is 2. The fourth-order valence-corrected chi connectivity index (χ4v) is 5.41. The molecular formula is C26H26N4O3S. The molecule has 0 aromatic carbocycles. The summed E-state index contributed by atoms with van der Waals surface area (Å²) in [5, 5.41) is 3.61. The highest BCUT2D eigenvalue weighted by Crippen LogP contribution is 2.31. The zero-order valence-electron chi connectivity index (χ0n) is 18.8. The molecule has 0 bridgehead atoms. The Kier molecular flexibility index (Phi) is 6.97. The van der Waals surface area contributed by atoms with Crippen LogP contribution >= 0.6 is 11.8 Å². The Morgan fingerprint density at radius 3 is 2.74 bits per heavy atom. The molecule has 1 N–H and O–H groups in total. The summed E-state index contributed by atoms with van der Waals surface area (Å²) < 4.78 is 5.23. The van der Waals surface area contributed by atoms with Crippen molar-refractivity contribution in [1.29, 1.82) is 0 Å². The second-order valence-corrected chi connectivity index (χ2v) is 9.91. The van der Waals surface area contributed by atoms with Gasteiger partial charge >= 0.3 is 0 Å². The number of rotatable bonds is 7. The maximum Gasteiger partial charge on any atom is 0.201 e. The van der Waals surface area contributed by atoms with Gasteiger partial charge in [0.15, 0.2) is 5.78 Å². The monoisotopic (exact) mass is 474 g/mol. The van der Waals surface area contributed by atoms with Crippen molar-refractivity contribution in [3.05, 3.63) is 71.2 Å². The molecular weight excluding hydrogens is 448 g/mol. The molecule has 4 heterocycles. The third kappa shape index (κ3) is 5.51. The third-order valence-corrected chi connectivity index (χ3v) is 7.33. The number of pyridine rings is 1. The largest absolute Gasteiger partial charge is 0.472 e. The van der Waals surface area contributed by atoms with E-state index in [1.807, 2.05) is 18.3 Å². The Balaban J connectivity index is 1.13. The van der Waals surface area contributed by atoms with Crippen molar-refractivity contribution in [2.45, 2.75) is 51.1 Å². The van der Waals surface area contributed by atoms with E-state index in [-0.39, 0.29) is 17.3 Å². The highest BCUT2D eigenvalue weighted by Gasteiger charge is 2.26. The van der Waals surface area contributed by atoms with Crippen molar-refractivity contribution >= 4 is 28.7 Å². The van der Waals surface area contributed by atoms with Gasteiger partial charge in [-0.05, 0) is 73.2 Å². The molecule has 1 saturated carbocycles. The van der Waals surface area contributed by atoms with E-state index in [9.17, 15) is 9.59 Å². The number of hydrogen-bond acceptors (Lipinski definition) is 8. The number of Topliss-reactive ketones (excluding diaryl/α,β-unsaturated/α-hetero) is 1. The quantitative estimate of drug-likeness (QED) is 0.392. The van der Waals surface area contributed by atoms with Crippen LogP contribution in [-0.2, 0) is 22.6 Å². The van der Waals surface area contributed by atoms with Gasteiger partial charge in [-0.2, -0.15) is 0 Å². The Morgan fingerprint density at radius 2 is 1.97 bits per heavy atom. The van der Waals surface area contributed by atoms with Gasteiger partial charge in [-0.25, -0.2) is 9.97 Å². The number of carbonyl (C=O) groups is 2. The maximum atomic E-state index is 11.9. The topological polar surface area (TPSA) is 98.0 Å². The minimum Gasteiger partial charge on any atom is -0.472 e. The second-order valence-electron chi connectivity index (χ2n) is 8.81. The van der Waals surface area contributed by atoms with Crippen LogP contribution in [0.2, 0.25) is 0 Å². The molecule has 1 saturated heterocycles. The lowest BCUT2D eigenvalue weighted by Gasteiger charge is -2.29. The van der Waals surface area contributed by atoms with Gasteiger partial charge in [-0.1, -0.05) is 6.07 Å². The molecule has 0 unspecified atom stereocenters. The van der Waals surface area contributed by atoms with Crippen molar-refractivity contribution in [3.63, 3.8) is 0 Å². The summed E-state index contributed by atoms with van der Waals surface area (Å²) >= 11 is 1.01. The number of thioether (sulfide) groups is 1. The van der Waals surface area contributed by atoms with Crippen LogP contribution in [0.5, 0.6) is 0 Å². The Labute approximate surface area is 202 Å². The smallest absolute Gasteiger partial charge is 0.201 e. The van der Waals surface area contributed by atoms with E-state index >= 15 is 0 Å². The van der Waals surface area contributed by atoms with Crippen LogP contribution in [0.4, 0.5) is 0 Å². The van der Waals surface area contributed by atoms with Gasteiger partial charge < -0.3 is 9.73 Å². The lowest BCUT2D eigenvalue weighted by atomic mass is 9.84. The zero-order chi connectivity index (χ0) is 23.3. The van der Waals surface area contributed by atoms with Crippen LogP contribution in [0.25, 0.3) is 17.3 Å². The van der Waals surface area contributed by atoms with E-state index in [2.05, 4.69) is 26.3 Å². The predicted molar refractivity (Wildman–Crippen MR) is 130 cm³/mol. The van der Waals surface area contributed by atoms with Gasteiger partial charge in [0.05, 0.1) is 35.2 Å². The molecule has 1 aliphatic carbocycles. The van der Waals surface area contributed by atoms with Crippen LogP contribution in [-0.4, -0.2) is 31.9 Å². The number of hydrogen-bond donors (Lipinski definition) is 1. The number of ketones is 1. The summed E-state index contributed by atoms with van der Waals surface area (Å²) in [5.41, 5.74) is 3.83. The van der Waals surface area contributed by atoms with Gasteiger partial charge in [0.2, 0.25) is 5.12 Å². The Morgan fingerprint density at radius 1 is 1.09 bits per heavy atom. The molecule has 174 valence electrons. The normalized spacial score (nSPS) is 21.9. The summed E-state index contributed by atoms with van der Waals surface area (Å²) in [6.07, 6.45) is 13.9. The highest BCUT2D eigenvalue weighted by atomic mass is 32.2. The van der Waals surface area contributed by atoms with Crippen LogP contribution in [0, 0.1) is 5.92 Å². The van der Waals surface area contributed by atoms with E-state index in [1.54, 1.807) is 30.9 Å². The van der Waals surface area contributed by atoms with Gasteiger partial charge in [-0.3, -0.25) is 14.6 Å². The summed E-state index contributed by atoms with van der Waals surface area (Å²) in [7, 11) is 0. The zero-order valence-corrected chi connectivity index (χ0v) is 19.6. The first-order valence-electron chi connectivity index (χ1n) is 11.6. The molecule has 8 heteroatoms. The molecule has 3 aromatic heterocycles. The van der Waals surface area contributed by atoms with E-state index in [4.69, 9.17) is 4.42 Å². The Bertz CT molecular complexity index is 1200. The number of nitrogens with one attached hydrogen (secondary N) is 1. The Hall–Kier alpha value is -3.10. The van der Waals surface area contributed by atoms with E-state index in [1.165, 1.54) is 5.56 Å². The summed E-state index contributed by atoms with van der Waals surface area (Å²) in [6.45, 7) is 0.781. The van der Waals surface area contributed by atoms with Crippen molar-refractivity contribution in [2.75, 3.05) is 0 Å². The first kappa shape index (κ1) is 22.7. The second kappa shape index (κ2) is 10.4. The fraction of sp³-hybridized carbons (Fsp3) is 0.346. The van der Waals surface area contributed by atoms with Crippen molar-refractivity contribution in [2.24, 2.45) is 5.92 Å². The molecule has 0 atom stereocenters. The minimum atomic E-state index is -0.121. The summed E-state index contributed by atoms with van der Waals surface area (Å²) in [6, 6.07) is 8.29. The highest BCUT2D eigenvalue weighted by molar-refractivity contribution is 8.18. The van der Waals surface area contributed by atoms with Crippen molar-refractivity contribution in [3.8, 4) is 11.3 Å². The molecule has 7 nitrogen and oxygen atoms in total. The number of aromatic nitrogens is 3. The summed E-state index contributed by atoms with van der Waals surface area (Å²) in [4.78, 5) is 37.4. The molecule has 2 aliphatic rings. The van der Waals surface area contributed by atoms with Crippen molar-refractivity contribution < 1.29 is 14.0 Å². The lowest BCUT2D eigenvalue weighted by molar-refractivity contribution is -0.119.